The molecule has 3 amide bonds. The third kappa shape index (κ3) is 3.35. The van der Waals surface area contributed by atoms with E-state index in [-0.39, 0.29) is 18.8 Å². The summed E-state index contributed by atoms with van der Waals surface area (Å²) in [7, 11) is -5.53. The van der Waals surface area contributed by atoms with Crippen LogP contribution >= 0.6 is 0 Å². The zero-order valence-electron chi connectivity index (χ0n) is 16.0. The number of halogens is 3. The van der Waals surface area contributed by atoms with Crippen molar-refractivity contribution in [1.29, 1.82) is 0 Å². The Morgan fingerprint density at radius 1 is 1.10 bits per heavy atom. The van der Waals surface area contributed by atoms with Gasteiger partial charge in [0, 0.05) is 19.3 Å². The highest BCUT2D eigenvalue weighted by Crippen LogP contribution is 2.49. The van der Waals surface area contributed by atoms with Gasteiger partial charge in [0.1, 0.15) is 5.54 Å². The SMILES string of the molecule is NCc1cc(CN2C(=O)N(c3ccc(S(=O)(=O)C(F)(F)F)cc3)C(=O)C23CC3)ccn1. The average Bonchev–Trinajstić information content (AvgIpc) is 3.50. The molecule has 1 aliphatic carbocycles. The van der Waals surface area contributed by atoms with Gasteiger partial charge < -0.3 is 10.6 Å². The average molecular weight is 454 g/mol. The molecule has 2 aromatic rings. The second-order valence-electron chi connectivity index (χ2n) is 7.34. The maximum atomic E-state index is 13.1. The maximum absolute atomic E-state index is 13.1. The smallest absolute Gasteiger partial charge is 0.325 e. The second-order valence-corrected chi connectivity index (χ2v) is 9.28. The highest BCUT2D eigenvalue weighted by atomic mass is 32.2. The third-order valence-corrected chi connectivity index (χ3v) is 6.91. The molecule has 1 aromatic carbocycles. The number of alkyl halides is 3. The van der Waals surface area contributed by atoms with Gasteiger partial charge in [0.15, 0.2) is 0 Å². The molecule has 2 heterocycles. The van der Waals surface area contributed by atoms with Crippen molar-refractivity contribution < 1.29 is 31.2 Å². The van der Waals surface area contributed by atoms with Gasteiger partial charge in [-0.3, -0.25) is 9.78 Å². The molecule has 0 radical (unpaired) electrons. The first-order chi connectivity index (χ1) is 14.5. The summed E-state index contributed by atoms with van der Waals surface area (Å²) < 4.78 is 61.3. The Bertz CT molecular complexity index is 1160. The summed E-state index contributed by atoms with van der Waals surface area (Å²) >= 11 is 0. The van der Waals surface area contributed by atoms with Crippen LogP contribution in [0.4, 0.5) is 23.7 Å². The summed E-state index contributed by atoms with van der Waals surface area (Å²) in [5.74, 6) is -0.489. The number of carbonyl (C=O) groups is 2. The van der Waals surface area contributed by atoms with Crippen LogP contribution in [0.2, 0.25) is 0 Å². The normalized spacial score (nSPS) is 18.2. The lowest BCUT2D eigenvalue weighted by Gasteiger charge is -2.21. The highest BCUT2D eigenvalue weighted by Gasteiger charge is 2.65. The van der Waals surface area contributed by atoms with Gasteiger partial charge in [0.25, 0.3) is 15.7 Å². The number of carbonyl (C=O) groups excluding carboxylic acids is 2. The molecular formula is C19H17F3N4O4S. The van der Waals surface area contributed by atoms with Crippen LogP contribution in [0.1, 0.15) is 24.1 Å². The van der Waals surface area contributed by atoms with Crippen molar-refractivity contribution in [3.8, 4) is 0 Å². The van der Waals surface area contributed by atoms with Crippen LogP contribution in [0.15, 0.2) is 47.5 Å². The predicted molar refractivity (Wildman–Crippen MR) is 102 cm³/mol. The summed E-state index contributed by atoms with van der Waals surface area (Å²) in [5, 5.41) is 0. The number of sulfone groups is 1. The predicted octanol–water partition coefficient (Wildman–Crippen LogP) is 2.34. The van der Waals surface area contributed by atoms with Gasteiger partial charge in [-0.1, -0.05) is 0 Å². The minimum absolute atomic E-state index is 0.00211. The highest BCUT2D eigenvalue weighted by molar-refractivity contribution is 7.92. The van der Waals surface area contributed by atoms with Gasteiger partial charge in [-0.15, -0.1) is 0 Å². The molecule has 0 bridgehead atoms. The van der Waals surface area contributed by atoms with E-state index in [2.05, 4.69) is 4.98 Å². The Kier molecular flexibility index (Phi) is 4.81. The molecule has 1 spiro atoms. The van der Waals surface area contributed by atoms with E-state index in [0.717, 1.165) is 34.7 Å². The zero-order valence-corrected chi connectivity index (χ0v) is 16.8. The van der Waals surface area contributed by atoms with Crippen molar-refractivity contribution in [3.63, 3.8) is 0 Å². The maximum Gasteiger partial charge on any atom is 0.501 e. The first kappa shape index (κ1) is 21.2. The lowest BCUT2D eigenvalue weighted by molar-refractivity contribution is -0.120. The molecular weight excluding hydrogens is 437 g/mol. The van der Waals surface area contributed by atoms with Crippen LogP contribution in [0.25, 0.3) is 0 Å². The van der Waals surface area contributed by atoms with E-state index in [1.165, 1.54) is 4.90 Å². The molecule has 0 atom stereocenters. The first-order valence-corrected chi connectivity index (χ1v) is 10.7. The first-order valence-electron chi connectivity index (χ1n) is 9.23. The molecule has 164 valence electrons. The number of rotatable bonds is 5. The van der Waals surface area contributed by atoms with Crippen LogP contribution < -0.4 is 10.6 Å². The Hall–Kier alpha value is -2.99. The van der Waals surface area contributed by atoms with Crippen molar-refractivity contribution in [3.05, 3.63) is 53.9 Å². The summed E-state index contributed by atoms with van der Waals surface area (Å²) in [6.45, 7) is 0.350. The van der Waals surface area contributed by atoms with E-state index < -0.39 is 37.7 Å². The van der Waals surface area contributed by atoms with Crippen LogP contribution in [0.5, 0.6) is 0 Å². The summed E-state index contributed by atoms with van der Waals surface area (Å²) in [6, 6.07) is 6.31. The number of urea groups is 1. The van der Waals surface area contributed by atoms with Crippen LogP contribution in [0, 0.1) is 0 Å². The van der Waals surface area contributed by atoms with Crippen molar-refractivity contribution in [2.75, 3.05) is 4.90 Å². The van der Waals surface area contributed by atoms with Crippen molar-refractivity contribution in [2.45, 2.75) is 41.9 Å². The fourth-order valence-electron chi connectivity index (χ4n) is 3.59. The number of imide groups is 1. The Morgan fingerprint density at radius 2 is 1.74 bits per heavy atom. The number of amides is 3. The molecule has 2 N–H and O–H groups in total. The summed E-state index contributed by atoms with van der Waals surface area (Å²) in [5.41, 5.74) is 0.501. The van der Waals surface area contributed by atoms with Gasteiger partial charge in [-0.25, -0.2) is 18.1 Å². The largest absolute Gasteiger partial charge is 0.501 e. The molecule has 1 saturated carbocycles. The minimum atomic E-state index is -5.53. The lowest BCUT2D eigenvalue weighted by Crippen LogP contribution is -2.36. The van der Waals surface area contributed by atoms with Crippen LogP contribution in [-0.4, -0.2) is 41.3 Å². The van der Waals surface area contributed by atoms with Crippen LogP contribution in [-0.2, 0) is 27.7 Å². The number of hydrogen-bond acceptors (Lipinski definition) is 6. The number of hydrogen-bond donors (Lipinski definition) is 1. The molecule has 1 aliphatic heterocycles. The Labute approximate surface area is 175 Å². The molecule has 0 unspecified atom stereocenters. The number of pyridine rings is 1. The van der Waals surface area contributed by atoms with Gasteiger partial charge in [0.05, 0.1) is 16.3 Å². The fourth-order valence-corrected chi connectivity index (χ4v) is 4.35. The van der Waals surface area contributed by atoms with E-state index in [4.69, 9.17) is 5.73 Å². The topological polar surface area (TPSA) is 114 Å². The van der Waals surface area contributed by atoms with E-state index in [9.17, 15) is 31.2 Å². The molecule has 4 rings (SSSR count). The van der Waals surface area contributed by atoms with Crippen molar-refractivity contribution in [1.82, 2.24) is 9.88 Å². The fraction of sp³-hybridized carbons (Fsp3) is 0.316. The van der Waals surface area contributed by atoms with Gasteiger partial charge in [0.2, 0.25) is 0 Å². The minimum Gasteiger partial charge on any atom is -0.325 e. The van der Waals surface area contributed by atoms with Gasteiger partial charge in [-0.05, 0) is 54.8 Å². The molecule has 1 aromatic heterocycles. The molecule has 31 heavy (non-hydrogen) atoms. The lowest BCUT2D eigenvalue weighted by atomic mass is 10.1. The molecule has 8 nitrogen and oxygen atoms in total. The molecule has 2 fully saturated rings. The van der Waals surface area contributed by atoms with Gasteiger partial charge >= 0.3 is 11.5 Å². The van der Waals surface area contributed by atoms with Crippen molar-refractivity contribution >= 4 is 27.5 Å². The molecule has 12 heteroatoms. The second kappa shape index (κ2) is 7.02. The van der Waals surface area contributed by atoms with E-state index >= 15 is 0 Å². The van der Waals surface area contributed by atoms with E-state index in [0.29, 0.717) is 18.5 Å². The quantitative estimate of drug-likeness (QED) is 0.694. The zero-order chi connectivity index (χ0) is 22.6. The van der Waals surface area contributed by atoms with Crippen molar-refractivity contribution in [2.24, 2.45) is 5.73 Å². The van der Waals surface area contributed by atoms with E-state index in [1.807, 2.05) is 0 Å². The number of benzene rings is 1. The number of anilines is 1. The Balaban J connectivity index is 1.63. The monoisotopic (exact) mass is 454 g/mol. The van der Waals surface area contributed by atoms with E-state index in [1.54, 1.807) is 18.3 Å². The number of aromatic nitrogens is 1. The summed E-state index contributed by atoms with van der Waals surface area (Å²) in [6.07, 6.45) is 2.48. The van der Waals surface area contributed by atoms with Crippen LogP contribution in [0.3, 0.4) is 0 Å². The Morgan fingerprint density at radius 3 is 2.29 bits per heavy atom. The molecule has 2 aliphatic rings. The number of nitrogens with two attached hydrogens (primary N) is 1. The summed E-state index contributed by atoms with van der Waals surface area (Å²) in [4.78, 5) is 31.5. The number of nitrogens with zero attached hydrogens (tertiary/aromatic N) is 3. The molecule has 1 saturated heterocycles. The third-order valence-electron chi connectivity index (χ3n) is 5.40. The van der Waals surface area contributed by atoms with Gasteiger partial charge in [-0.2, -0.15) is 13.2 Å². The standard InChI is InChI=1S/C19H17F3N4O4S/c20-19(21,22)31(29,30)15-3-1-14(2-4-15)26-16(27)18(6-7-18)25(17(26)28)11-12-5-8-24-13(9-12)10-23/h1-5,8-9H,6-7,10-11,23H2.